The van der Waals surface area contributed by atoms with E-state index in [4.69, 9.17) is 5.73 Å². The summed E-state index contributed by atoms with van der Waals surface area (Å²) in [4.78, 5) is 0. The fraction of sp³-hybridized carbons (Fsp3) is 0.176. The van der Waals surface area contributed by atoms with Crippen molar-refractivity contribution in [2.24, 2.45) is 0 Å². The van der Waals surface area contributed by atoms with Crippen LogP contribution < -0.4 is 11.1 Å². The molecule has 8 heteroatoms. The highest BCUT2D eigenvalue weighted by Crippen LogP contribution is 2.45. The number of anilines is 3. The van der Waals surface area contributed by atoms with Crippen LogP contribution in [0, 0.1) is 11.6 Å². The standard InChI is InChI=1S/C17H14F6N2/c1-8(2)12(18)10-13(19)14(20)11(17(21,22)23)15(24)16(10)25-9-6-4-3-5-7-9/h3-7,25H,24H2,1-2H3. The largest absolute Gasteiger partial charge is 0.421 e. The molecule has 0 aromatic heterocycles. The summed E-state index contributed by atoms with van der Waals surface area (Å²) in [7, 11) is 0. The number of hydrogen-bond donors (Lipinski definition) is 2. The van der Waals surface area contributed by atoms with Crippen LogP contribution >= 0.6 is 0 Å². The first-order valence-electron chi connectivity index (χ1n) is 7.08. The Bertz CT molecular complexity index is 822. The number of nitrogens with one attached hydrogen (secondary N) is 1. The van der Waals surface area contributed by atoms with Crippen molar-refractivity contribution < 1.29 is 26.3 Å². The van der Waals surface area contributed by atoms with E-state index in [-0.39, 0.29) is 11.3 Å². The number of alkyl halides is 3. The molecule has 0 atom stereocenters. The Morgan fingerprint density at radius 3 is 2.04 bits per heavy atom. The molecule has 2 rings (SSSR count). The molecular weight excluding hydrogens is 346 g/mol. The van der Waals surface area contributed by atoms with Gasteiger partial charge in [0.15, 0.2) is 11.6 Å². The van der Waals surface area contributed by atoms with Crippen LogP contribution in [0.4, 0.5) is 43.4 Å². The molecule has 2 aromatic rings. The van der Waals surface area contributed by atoms with Crippen LogP contribution in [0.15, 0.2) is 35.9 Å². The second kappa shape index (κ2) is 6.70. The molecule has 0 unspecified atom stereocenters. The van der Waals surface area contributed by atoms with Crippen molar-refractivity contribution in [3.63, 3.8) is 0 Å². The van der Waals surface area contributed by atoms with E-state index in [1.807, 2.05) is 0 Å². The summed E-state index contributed by atoms with van der Waals surface area (Å²) in [5, 5.41) is 2.45. The van der Waals surface area contributed by atoms with Crippen molar-refractivity contribution in [3.05, 3.63) is 58.7 Å². The van der Waals surface area contributed by atoms with Crippen molar-refractivity contribution >= 4 is 22.9 Å². The van der Waals surface area contributed by atoms with Gasteiger partial charge >= 0.3 is 6.18 Å². The normalized spacial score (nSPS) is 11.4. The number of para-hydroxylation sites is 1. The van der Waals surface area contributed by atoms with Crippen molar-refractivity contribution in [1.82, 2.24) is 0 Å². The zero-order valence-electron chi connectivity index (χ0n) is 13.2. The van der Waals surface area contributed by atoms with Crippen LogP contribution in [-0.4, -0.2) is 0 Å². The van der Waals surface area contributed by atoms with Gasteiger partial charge in [-0.2, -0.15) is 13.2 Å². The highest BCUT2D eigenvalue weighted by atomic mass is 19.4. The lowest BCUT2D eigenvalue weighted by atomic mass is 10.0. The maximum atomic E-state index is 14.4. The van der Waals surface area contributed by atoms with E-state index in [9.17, 15) is 26.3 Å². The zero-order chi connectivity index (χ0) is 18.9. The molecule has 0 saturated carbocycles. The molecule has 0 spiro atoms. The molecule has 0 aliphatic rings. The molecule has 0 fully saturated rings. The predicted molar refractivity (Wildman–Crippen MR) is 84.9 cm³/mol. The van der Waals surface area contributed by atoms with Gasteiger partial charge in [-0.05, 0) is 31.6 Å². The van der Waals surface area contributed by atoms with E-state index in [1.165, 1.54) is 26.0 Å². The first-order valence-corrected chi connectivity index (χ1v) is 7.08. The van der Waals surface area contributed by atoms with E-state index < -0.39 is 46.1 Å². The van der Waals surface area contributed by atoms with Gasteiger partial charge in [-0.1, -0.05) is 18.2 Å². The molecule has 0 heterocycles. The molecule has 0 saturated heterocycles. The quantitative estimate of drug-likeness (QED) is 0.518. The summed E-state index contributed by atoms with van der Waals surface area (Å²) in [6.45, 7) is 2.54. The van der Waals surface area contributed by atoms with Gasteiger partial charge in [-0.15, -0.1) is 0 Å². The van der Waals surface area contributed by atoms with Crippen LogP contribution in [0.2, 0.25) is 0 Å². The molecule has 3 N–H and O–H groups in total. The zero-order valence-corrected chi connectivity index (χ0v) is 13.2. The van der Waals surface area contributed by atoms with Crippen molar-refractivity contribution in [2.75, 3.05) is 11.1 Å². The van der Waals surface area contributed by atoms with Gasteiger partial charge in [0.2, 0.25) is 0 Å². The van der Waals surface area contributed by atoms with Gasteiger partial charge < -0.3 is 11.1 Å². The Balaban J connectivity index is 2.85. The SMILES string of the molecule is CC(C)=C(F)c1c(F)c(F)c(C(F)(F)F)c(N)c1Nc1ccccc1. The Kier molecular flexibility index (Phi) is 5.01. The molecule has 134 valence electrons. The molecule has 2 aromatic carbocycles. The molecule has 0 bridgehead atoms. The van der Waals surface area contributed by atoms with Gasteiger partial charge in [0.25, 0.3) is 0 Å². The van der Waals surface area contributed by atoms with Gasteiger partial charge in [-0.25, -0.2) is 13.2 Å². The lowest BCUT2D eigenvalue weighted by molar-refractivity contribution is -0.139. The van der Waals surface area contributed by atoms with E-state index in [0.29, 0.717) is 0 Å². The number of nitrogen functional groups attached to an aromatic ring is 1. The van der Waals surface area contributed by atoms with Crippen LogP contribution in [-0.2, 0) is 6.18 Å². The summed E-state index contributed by atoms with van der Waals surface area (Å²) in [6, 6.07) is 7.66. The number of allylic oxidation sites excluding steroid dienone is 1. The summed E-state index contributed by atoms with van der Waals surface area (Å²) in [5.74, 6) is -5.40. The summed E-state index contributed by atoms with van der Waals surface area (Å²) >= 11 is 0. The predicted octanol–water partition coefficient (Wildman–Crippen LogP) is 6.03. The van der Waals surface area contributed by atoms with Gasteiger partial charge in [-0.3, -0.25) is 0 Å². The second-order valence-corrected chi connectivity index (χ2v) is 5.47. The Labute approximate surface area is 140 Å². The minimum absolute atomic E-state index is 0.0476. The molecule has 0 amide bonds. The Hall–Kier alpha value is -2.64. The molecule has 0 aliphatic heterocycles. The minimum atomic E-state index is -5.25. The lowest BCUT2D eigenvalue weighted by Gasteiger charge is -2.20. The van der Waals surface area contributed by atoms with Crippen LogP contribution in [0.5, 0.6) is 0 Å². The van der Waals surface area contributed by atoms with Gasteiger partial charge in [0.1, 0.15) is 11.4 Å². The topological polar surface area (TPSA) is 38.0 Å². The molecule has 25 heavy (non-hydrogen) atoms. The van der Waals surface area contributed by atoms with Crippen molar-refractivity contribution in [1.29, 1.82) is 0 Å². The Morgan fingerprint density at radius 1 is 1.00 bits per heavy atom. The van der Waals surface area contributed by atoms with Crippen molar-refractivity contribution in [2.45, 2.75) is 20.0 Å². The second-order valence-electron chi connectivity index (χ2n) is 5.47. The molecular formula is C17H14F6N2. The molecule has 0 radical (unpaired) electrons. The number of rotatable bonds is 3. The van der Waals surface area contributed by atoms with E-state index in [2.05, 4.69) is 5.32 Å². The third-order valence-electron chi connectivity index (χ3n) is 3.41. The number of benzene rings is 2. The summed E-state index contributed by atoms with van der Waals surface area (Å²) in [6.07, 6.45) is -5.25. The molecule has 0 aliphatic carbocycles. The third kappa shape index (κ3) is 3.57. The first-order chi connectivity index (χ1) is 11.6. The van der Waals surface area contributed by atoms with E-state index >= 15 is 0 Å². The highest BCUT2D eigenvalue weighted by molar-refractivity contribution is 5.87. The summed E-state index contributed by atoms with van der Waals surface area (Å²) in [5.41, 5.74) is 0.867. The number of halogens is 6. The maximum Gasteiger partial charge on any atom is 0.421 e. The molecule has 2 nitrogen and oxygen atoms in total. The van der Waals surface area contributed by atoms with Gasteiger partial charge in [0, 0.05) is 5.69 Å². The number of nitrogens with two attached hydrogens (primary N) is 1. The van der Waals surface area contributed by atoms with Gasteiger partial charge in [0.05, 0.1) is 16.9 Å². The highest BCUT2D eigenvalue weighted by Gasteiger charge is 2.41. The first kappa shape index (κ1) is 18.7. The fourth-order valence-corrected chi connectivity index (χ4v) is 2.24. The lowest BCUT2D eigenvalue weighted by Crippen LogP contribution is -2.17. The minimum Gasteiger partial charge on any atom is -0.396 e. The fourth-order valence-electron chi connectivity index (χ4n) is 2.24. The van der Waals surface area contributed by atoms with Crippen molar-refractivity contribution in [3.8, 4) is 0 Å². The number of hydrogen-bond acceptors (Lipinski definition) is 2. The third-order valence-corrected chi connectivity index (χ3v) is 3.41. The van der Waals surface area contributed by atoms with Crippen LogP contribution in [0.3, 0.4) is 0 Å². The van der Waals surface area contributed by atoms with E-state index in [1.54, 1.807) is 18.2 Å². The Morgan fingerprint density at radius 2 is 1.56 bits per heavy atom. The maximum absolute atomic E-state index is 14.4. The van der Waals surface area contributed by atoms with Crippen LogP contribution in [0.1, 0.15) is 25.0 Å². The summed E-state index contributed by atoms with van der Waals surface area (Å²) < 4.78 is 81.9. The van der Waals surface area contributed by atoms with Crippen LogP contribution in [0.25, 0.3) is 5.83 Å². The smallest absolute Gasteiger partial charge is 0.396 e. The average molecular weight is 360 g/mol. The van der Waals surface area contributed by atoms with E-state index in [0.717, 1.165) is 0 Å². The average Bonchev–Trinajstić information content (AvgIpc) is 2.52. The monoisotopic (exact) mass is 360 g/mol.